The summed E-state index contributed by atoms with van der Waals surface area (Å²) in [5.41, 5.74) is 0.630. The molecule has 1 N–H and O–H groups in total. The fraction of sp³-hybridized carbons (Fsp3) is 0.571. The molecule has 0 aliphatic heterocycles. The summed E-state index contributed by atoms with van der Waals surface area (Å²) in [5.74, 6) is 0.461. The summed E-state index contributed by atoms with van der Waals surface area (Å²) in [5, 5.41) is 7.85. The van der Waals surface area contributed by atoms with Crippen molar-refractivity contribution >= 4 is 5.65 Å². The third-order valence-corrected chi connectivity index (χ3v) is 3.32. The fourth-order valence-electron chi connectivity index (χ4n) is 2.11. The van der Waals surface area contributed by atoms with Crippen LogP contribution in [0.1, 0.15) is 27.2 Å². The van der Waals surface area contributed by atoms with Crippen LogP contribution >= 0.6 is 0 Å². The molecule has 2 aromatic rings. The zero-order chi connectivity index (χ0) is 13.8. The van der Waals surface area contributed by atoms with Crippen molar-refractivity contribution in [2.45, 2.75) is 39.8 Å². The lowest BCUT2D eigenvalue weighted by atomic mass is 10.0. The van der Waals surface area contributed by atoms with Gasteiger partial charge in [-0.3, -0.25) is 4.40 Å². The Hall–Kier alpha value is -1.62. The molecule has 0 fully saturated rings. The van der Waals surface area contributed by atoms with Crippen LogP contribution in [0.5, 0.6) is 0 Å². The van der Waals surface area contributed by atoms with Crippen LogP contribution in [0.3, 0.4) is 0 Å². The first-order valence-corrected chi connectivity index (χ1v) is 6.91. The molecule has 5 heteroatoms. The number of pyridine rings is 1. The zero-order valence-corrected chi connectivity index (χ0v) is 11.8. The summed E-state index contributed by atoms with van der Waals surface area (Å²) in [7, 11) is 0. The third kappa shape index (κ3) is 3.04. The van der Waals surface area contributed by atoms with Crippen LogP contribution in [0.4, 0.5) is 0 Å². The molecule has 1 unspecified atom stereocenters. The van der Waals surface area contributed by atoms with Gasteiger partial charge in [-0.05, 0) is 31.0 Å². The summed E-state index contributed by atoms with van der Waals surface area (Å²) in [6.45, 7) is 8.03. The van der Waals surface area contributed by atoms with Gasteiger partial charge in [-0.25, -0.2) is 9.48 Å². The van der Waals surface area contributed by atoms with E-state index in [9.17, 15) is 4.79 Å². The number of fused-ring (bicyclic) bond motifs is 1. The van der Waals surface area contributed by atoms with E-state index in [-0.39, 0.29) is 11.7 Å². The quantitative estimate of drug-likeness (QED) is 0.858. The Morgan fingerprint density at radius 1 is 1.37 bits per heavy atom. The van der Waals surface area contributed by atoms with Gasteiger partial charge in [-0.1, -0.05) is 26.8 Å². The Morgan fingerprint density at radius 2 is 2.16 bits per heavy atom. The second kappa shape index (κ2) is 6.02. The van der Waals surface area contributed by atoms with Crippen LogP contribution < -0.4 is 11.0 Å². The normalized spacial score (nSPS) is 13.3. The average molecular weight is 262 g/mol. The molecule has 0 saturated heterocycles. The highest BCUT2D eigenvalue weighted by Gasteiger charge is 2.16. The van der Waals surface area contributed by atoms with Crippen molar-refractivity contribution in [2.75, 3.05) is 6.54 Å². The molecule has 0 radical (unpaired) electrons. The summed E-state index contributed by atoms with van der Waals surface area (Å²) in [4.78, 5) is 12.2. The molecule has 2 rings (SSSR count). The Labute approximate surface area is 113 Å². The first-order valence-electron chi connectivity index (χ1n) is 6.91. The highest BCUT2D eigenvalue weighted by molar-refractivity contribution is 5.35. The van der Waals surface area contributed by atoms with Gasteiger partial charge in [-0.15, -0.1) is 5.10 Å². The van der Waals surface area contributed by atoms with Crippen molar-refractivity contribution in [3.8, 4) is 0 Å². The van der Waals surface area contributed by atoms with Crippen LogP contribution in [0.25, 0.3) is 5.65 Å². The number of aromatic nitrogens is 3. The predicted molar refractivity (Wildman–Crippen MR) is 76.4 cm³/mol. The minimum atomic E-state index is -0.0699. The van der Waals surface area contributed by atoms with E-state index in [1.165, 1.54) is 0 Å². The number of nitrogens with zero attached hydrogens (tertiary/aromatic N) is 3. The van der Waals surface area contributed by atoms with E-state index in [1.54, 1.807) is 15.3 Å². The Kier molecular flexibility index (Phi) is 4.37. The maximum atomic E-state index is 12.2. The molecule has 1 atom stereocenters. The van der Waals surface area contributed by atoms with Crippen LogP contribution in [-0.4, -0.2) is 26.8 Å². The fourth-order valence-corrected chi connectivity index (χ4v) is 2.11. The lowest BCUT2D eigenvalue weighted by Gasteiger charge is -2.21. The topological polar surface area (TPSA) is 51.3 Å². The SMILES string of the molecule is CCCNC(Cn1nc2ccccn2c1=O)C(C)C. The molecular weight excluding hydrogens is 240 g/mol. The summed E-state index contributed by atoms with van der Waals surface area (Å²) < 4.78 is 3.14. The van der Waals surface area contributed by atoms with E-state index in [1.807, 2.05) is 18.2 Å². The van der Waals surface area contributed by atoms with Crippen LogP contribution in [-0.2, 0) is 6.54 Å². The molecule has 0 aliphatic rings. The monoisotopic (exact) mass is 262 g/mol. The third-order valence-electron chi connectivity index (χ3n) is 3.32. The van der Waals surface area contributed by atoms with Crippen LogP contribution in [0, 0.1) is 5.92 Å². The molecule has 2 aromatic heterocycles. The maximum Gasteiger partial charge on any atom is 0.350 e. The lowest BCUT2D eigenvalue weighted by Crippen LogP contribution is -2.40. The van der Waals surface area contributed by atoms with Gasteiger partial charge in [0.25, 0.3) is 0 Å². The van der Waals surface area contributed by atoms with Gasteiger partial charge in [0, 0.05) is 12.2 Å². The molecule has 0 spiro atoms. The van der Waals surface area contributed by atoms with Gasteiger partial charge in [0.05, 0.1) is 6.54 Å². The molecule has 0 amide bonds. The first-order chi connectivity index (χ1) is 9.13. The molecule has 0 aliphatic carbocycles. The zero-order valence-electron chi connectivity index (χ0n) is 11.8. The van der Waals surface area contributed by atoms with E-state index in [0.717, 1.165) is 13.0 Å². The molecule has 0 bridgehead atoms. The highest BCUT2D eigenvalue weighted by Crippen LogP contribution is 2.04. The first kappa shape index (κ1) is 13.8. The van der Waals surface area contributed by atoms with E-state index < -0.39 is 0 Å². The molecule has 5 nitrogen and oxygen atoms in total. The van der Waals surface area contributed by atoms with Crippen molar-refractivity contribution in [3.05, 3.63) is 34.9 Å². The van der Waals surface area contributed by atoms with E-state index in [2.05, 4.69) is 31.2 Å². The van der Waals surface area contributed by atoms with Gasteiger partial charge in [0.1, 0.15) is 0 Å². The van der Waals surface area contributed by atoms with E-state index >= 15 is 0 Å². The lowest BCUT2D eigenvalue weighted by molar-refractivity contribution is 0.339. The van der Waals surface area contributed by atoms with Crippen LogP contribution in [0.15, 0.2) is 29.2 Å². The Bertz CT molecular complexity index is 584. The summed E-state index contributed by atoms with van der Waals surface area (Å²) in [6.07, 6.45) is 2.84. The minimum absolute atomic E-state index is 0.0699. The van der Waals surface area contributed by atoms with Crippen molar-refractivity contribution in [1.29, 1.82) is 0 Å². The maximum absolute atomic E-state index is 12.2. The second-order valence-corrected chi connectivity index (χ2v) is 5.20. The standard InChI is InChI=1S/C14H22N4O/c1-4-8-15-12(11(2)3)10-18-14(19)17-9-6-5-7-13(17)16-18/h5-7,9,11-12,15H,4,8,10H2,1-3H3. The van der Waals surface area contributed by atoms with E-state index in [0.29, 0.717) is 18.1 Å². The van der Waals surface area contributed by atoms with E-state index in [4.69, 9.17) is 0 Å². The number of nitrogens with one attached hydrogen (secondary N) is 1. The van der Waals surface area contributed by atoms with Gasteiger partial charge in [0.15, 0.2) is 5.65 Å². The highest BCUT2D eigenvalue weighted by atomic mass is 16.2. The molecular formula is C14H22N4O. The molecule has 2 heterocycles. The minimum Gasteiger partial charge on any atom is -0.312 e. The molecule has 104 valence electrons. The van der Waals surface area contributed by atoms with Gasteiger partial charge in [0.2, 0.25) is 0 Å². The number of hydrogen-bond donors (Lipinski definition) is 1. The average Bonchev–Trinajstić information content (AvgIpc) is 2.71. The molecule has 19 heavy (non-hydrogen) atoms. The summed E-state index contributed by atoms with van der Waals surface area (Å²) in [6, 6.07) is 5.85. The van der Waals surface area contributed by atoms with Gasteiger partial charge >= 0.3 is 5.69 Å². The van der Waals surface area contributed by atoms with Crippen LogP contribution in [0.2, 0.25) is 0 Å². The van der Waals surface area contributed by atoms with Crippen molar-refractivity contribution in [1.82, 2.24) is 19.5 Å². The molecule has 0 aromatic carbocycles. The largest absolute Gasteiger partial charge is 0.350 e. The van der Waals surface area contributed by atoms with Crippen molar-refractivity contribution in [3.63, 3.8) is 0 Å². The van der Waals surface area contributed by atoms with Crippen molar-refractivity contribution in [2.24, 2.45) is 5.92 Å². The van der Waals surface area contributed by atoms with Crippen molar-refractivity contribution < 1.29 is 0 Å². The Balaban J connectivity index is 2.23. The Morgan fingerprint density at radius 3 is 2.79 bits per heavy atom. The smallest absolute Gasteiger partial charge is 0.312 e. The summed E-state index contributed by atoms with van der Waals surface area (Å²) >= 11 is 0. The number of rotatable bonds is 6. The van der Waals surface area contributed by atoms with Gasteiger partial charge in [-0.2, -0.15) is 0 Å². The molecule has 0 saturated carbocycles. The predicted octanol–water partition coefficient (Wildman–Crippen LogP) is 1.52. The van der Waals surface area contributed by atoms with Gasteiger partial charge < -0.3 is 5.32 Å². The second-order valence-electron chi connectivity index (χ2n) is 5.20. The number of hydrogen-bond acceptors (Lipinski definition) is 3.